The lowest BCUT2D eigenvalue weighted by molar-refractivity contribution is -0.255. The number of pyridine rings is 1. The third-order valence-corrected chi connectivity index (χ3v) is 3.13. The number of aromatic carboxylic acids is 1. The van der Waals surface area contributed by atoms with E-state index in [4.69, 9.17) is 0 Å². The Hall–Kier alpha value is -3.08. The van der Waals surface area contributed by atoms with Crippen LogP contribution in [0.25, 0.3) is 10.8 Å². The van der Waals surface area contributed by atoms with E-state index < -0.39 is 5.97 Å². The number of rotatable bonds is 3. The molecule has 0 bridgehead atoms. The van der Waals surface area contributed by atoms with Crippen molar-refractivity contribution >= 4 is 28.2 Å². The van der Waals surface area contributed by atoms with Crippen LogP contribution in [0.5, 0.6) is 0 Å². The topological polar surface area (TPSA) is 85.0 Å². The van der Waals surface area contributed by atoms with Gasteiger partial charge in [0.25, 0.3) is 5.56 Å². The maximum Gasteiger partial charge on any atom is 0.257 e. The lowest BCUT2D eigenvalue weighted by atomic mass is 10.1. The summed E-state index contributed by atoms with van der Waals surface area (Å²) in [4.78, 5) is 25.5. The molecule has 0 radical (unpaired) electrons. The van der Waals surface area contributed by atoms with Gasteiger partial charge in [-0.15, -0.1) is 0 Å². The zero-order valence-corrected chi connectivity index (χ0v) is 10.9. The molecule has 0 aliphatic carbocycles. The Balaban J connectivity index is 2.00. The smallest absolute Gasteiger partial charge is 0.257 e. The van der Waals surface area contributed by atoms with Crippen molar-refractivity contribution in [3.8, 4) is 0 Å². The summed E-state index contributed by atoms with van der Waals surface area (Å²) >= 11 is 0. The van der Waals surface area contributed by atoms with E-state index in [2.05, 4.69) is 10.3 Å². The Kier molecular flexibility index (Phi) is 3.16. The second-order valence-corrected chi connectivity index (χ2v) is 4.59. The zero-order valence-electron chi connectivity index (χ0n) is 10.9. The van der Waals surface area contributed by atoms with Crippen LogP contribution in [0.15, 0.2) is 59.4 Å². The summed E-state index contributed by atoms with van der Waals surface area (Å²) in [6.45, 7) is 0. The molecule has 21 heavy (non-hydrogen) atoms. The molecule has 0 atom stereocenters. The van der Waals surface area contributed by atoms with E-state index in [9.17, 15) is 14.7 Å². The first-order chi connectivity index (χ1) is 10.1. The number of carbonyl (C=O) groups is 1. The highest BCUT2D eigenvalue weighted by Gasteiger charge is 2.02. The molecule has 0 spiro atoms. The van der Waals surface area contributed by atoms with Crippen LogP contribution in [0.3, 0.4) is 0 Å². The number of H-pyrrole nitrogens is 1. The van der Waals surface area contributed by atoms with Gasteiger partial charge < -0.3 is 20.2 Å². The van der Waals surface area contributed by atoms with Crippen LogP contribution in [-0.2, 0) is 0 Å². The first-order valence-corrected chi connectivity index (χ1v) is 6.34. The number of anilines is 2. The molecule has 0 unspecified atom stereocenters. The first-order valence-electron chi connectivity index (χ1n) is 6.34. The van der Waals surface area contributed by atoms with Crippen LogP contribution < -0.4 is 16.0 Å². The maximum absolute atomic E-state index is 12.0. The summed E-state index contributed by atoms with van der Waals surface area (Å²) in [7, 11) is 0. The molecule has 2 aromatic carbocycles. The highest BCUT2D eigenvalue weighted by molar-refractivity contribution is 5.88. The number of hydrogen-bond acceptors (Lipinski definition) is 4. The van der Waals surface area contributed by atoms with E-state index in [1.54, 1.807) is 30.3 Å². The SMILES string of the molecule is O=C([O-])c1cccc(Nc2cc3ccccc3c(=O)[nH]2)c1. The molecule has 2 N–H and O–H groups in total. The van der Waals surface area contributed by atoms with Gasteiger partial charge in [0.05, 0.1) is 5.97 Å². The van der Waals surface area contributed by atoms with Crippen molar-refractivity contribution in [3.63, 3.8) is 0 Å². The number of carbonyl (C=O) groups excluding carboxylic acids is 1. The molecule has 1 aromatic heterocycles. The van der Waals surface area contributed by atoms with E-state index in [-0.39, 0.29) is 11.1 Å². The van der Waals surface area contributed by atoms with Gasteiger partial charge in [-0.05, 0) is 35.2 Å². The summed E-state index contributed by atoms with van der Waals surface area (Å²) in [6, 6.07) is 15.2. The number of carboxylic acid groups (broad SMARTS) is 1. The van der Waals surface area contributed by atoms with E-state index in [1.807, 2.05) is 12.1 Å². The molecule has 3 rings (SSSR count). The molecule has 104 valence electrons. The molecule has 0 aliphatic rings. The molecule has 0 saturated heterocycles. The van der Waals surface area contributed by atoms with Crippen molar-refractivity contribution in [3.05, 3.63) is 70.5 Å². The van der Waals surface area contributed by atoms with Crippen molar-refractivity contribution in [1.29, 1.82) is 0 Å². The summed E-state index contributed by atoms with van der Waals surface area (Å²) in [5.41, 5.74) is 0.428. The Morgan fingerprint density at radius 2 is 1.86 bits per heavy atom. The van der Waals surface area contributed by atoms with Gasteiger partial charge in [0, 0.05) is 11.1 Å². The van der Waals surface area contributed by atoms with Gasteiger partial charge in [-0.25, -0.2) is 0 Å². The van der Waals surface area contributed by atoms with E-state index in [0.717, 1.165) is 5.39 Å². The summed E-state index contributed by atoms with van der Waals surface area (Å²) < 4.78 is 0. The van der Waals surface area contributed by atoms with Gasteiger partial charge in [-0.2, -0.15) is 0 Å². The van der Waals surface area contributed by atoms with E-state index in [1.165, 1.54) is 12.1 Å². The summed E-state index contributed by atoms with van der Waals surface area (Å²) in [5, 5.41) is 15.2. The van der Waals surface area contributed by atoms with Crippen molar-refractivity contribution in [2.75, 3.05) is 5.32 Å². The third-order valence-electron chi connectivity index (χ3n) is 3.13. The van der Waals surface area contributed by atoms with Crippen LogP contribution in [0.1, 0.15) is 10.4 Å². The lowest BCUT2D eigenvalue weighted by Crippen LogP contribution is -2.22. The monoisotopic (exact) mass is 279 g/mol. The highest BCUT2D eigenvalue weighted by atomic mass is 16.4. The van der Waals surface area contributed by atoms with E-state index in [0.29, 0.717) is 16.9 Å². The van der Waals surface area contributed by atoms with Crippen LogP contribution in [0, 0.1) is 0 Å². The number of benzene rings is 2. The van der Waals surface area contributed by atoms with Gasteiger partial charge in [0.2, 0.25) is 0 Å². The van der Waals surface area contributed by atoms with Crippen molar-refractivity contribution in [2.24, 2.45) is 0 Å². The second kappa shape index (κ2) is 5.13. The minimum Gasteiger partial charge on any atom is -0.545 e. The predicted octanol–water partition coefficient (Wildman–Crippen LogP) is 1.64. The summed E-state index contributed by atoms with van der Waals surface area (Å²) in [5.74, 6) is -0.750. The van der Waals surface area contributed by atoms with Gasteiger partial charge in [0.1, 0.15) is 5.82 Å². The Labute approximate surface area is 119 Å². The molecule has 0 amide bonds. The van der Waals surface area contributed by atoms with Crippen molar-refractivity contribution in [2.45, 2.75) is 0 Å². The molecule has 0 fully saturated rings. The molecular weight excluding hydrogens is 268 g/mol. The fraction of sp³-hybridized carbons (Fsp3) is 0. The molecule has 5 heteroatoms. The number of aromatic amines is 1. The third kappa shape index (κ3) is 2.62. The normalized spacial score (nSPS) is 10.5. The Bertz CT molecular complexity index is 884. The Morgan fingerprint density at radius 1 is 1.05 bits per heavy atom. The molecule has 0 aliphatic heterocycles. The largest absolute Gasteiger partial charge is 0.545 e. The average Bonchev–Trinajstić information content (AvgIpc) is 2.47. The van der Waals surface area contributed by atoms with Gasteiger partial charge in [-0.1, -0.05) is 30.3 Å². The molecular formula is C16H11N2O3-. The van der Waals surface area contributed by atoms with Crippen molar-refractivity contribution < 1.29 is 9.90 Å². The molecule has 0 saturated carbocycles. The van der Waals surface area contributed by atoms with Crippen LogP contribution >= 0.6 is 0 Å². The number of hydrogen-bond donors (Lipinski definition) is 2. The van der Waals surface area contributed by atoms with Gasteiger partial charge >= 0.3 is 0 Å². The highest BCUT2D eigenvalue weighted by Crippen LogP contribution is 2.18. The minimum atomic E-state index is -1.24. The predicted molar refractivity (Wildman–Crippen MR) is 78.6 cm³/mol. The molecule has 5 nitrogen and oxygen atoms in total. The first kappa shape index (κ1) is 12.9. The van der Waals surface area contributed by atoms with Gasteiger partial charge in [-0.3, -0.25) is 4.79 Å². The second-order valence-electron chi connectivity index (χ2n) is 4.59. The lowest BCUT2D eigenvalue weighted by Gasteiger charge is -2.09. The van der Waals surface area contributed by atoms with Crippen molar-refractivity contribution in [1.82, 2.24) is 4.98 Å². The summed E-state index contributed by atoms with van der Waals surface area (Å²) in [6.07, 6.45) is 0. The Morgan fingerprint density at radius 3 is 2.67 bits per heavy atom. The number of fused-ring (bicyclic) bond motifs is 1. The fourth-order valence-corrected chi connectivity index (χ4v) is 2.16. The van der Waals surface area contributed by atoms with Gasteiger partial charge in [0.15, 0.2) is 0 Å². The van der Waals surface area contributed by atoms with E-state index >= 15 is 0 Å². The quantitative estimate of drug-likeness (QED) is 0.763. The molecule has 1 heterocycles. The van der Waals surface area contributed by atoms with Crippen LogP contribution in [0.4, 0.5) is 11.5 Å². The number of aromatic nitrogens is 1. The van der Waals surface area contributed by atoms with Crippen LogP contribution in [0.2, 0.25) is 0 Å². The maximum atomic E-state index is 12.0. The standard InChI is InChI=1S/C16H12N2O3/c19-15-13-7-2-1-4-10(13)9-14(18-15)17-12-6-3-5-11(8-12)16(20)21/h1-9H,(H,20,21)(H2,17,18,19)/p-1. The minimum absolute atomic E-state index is 0.0723. The molecule has 3 aromatic rings. The number of carboxylic acids is 1. The average molecular weight is 279 g/mol. The zero-order chi connectivity index (χ0) is 14.8. The fourth-order valence-electron chi connectivity index (χ4n) is 2.16. The number of nitrogens with one attached hydrogen (secondary N) is 2. The van der Waals surface area contributed by atoms with Crippen LogP contribution in [-0.4, -0.2) is 11.0 Å².